The number of likely N-dealkylation sites (N-methyl/N-ethyl adjacent to an activating group) is 1. The van der Waals surface area contributed by atoms with Crippen molar-refractivity contribution in [2.24, 2.45) is 17.8 Å². The average Bonchev–Trinajstić information content (AvgIpc) is 3.02. The van der Waals surface area contributed by atoms with Gasteiger partial charge in [-0.3, -0.25) is 0 Å². The van der Waals surface area contributed by atoms with Crippen LogP contribution < -0.4 is 15.5 Å². The molecule has 4 aliphatic carbocycles. The van der Waals surface area contributed by atoms with Gasteiger partial charge in [-0.2, -0.15) is 0 Å². The summed E-state index contributed by atoms with van der Waals surface area (Å²) < 4.78 is 0. The van der Waals surface area contributed by atoms with Crippen molar-refractivity contribution < 1.29 is 0 Å². The van der Waals surface area contributed by atoms with Crippen molar-refractivity contribution in [3.63, 3.8) is 0 Å². The number of anilines is 2. The number of pyridine rings is 1. The van der Waals surface area contributed by atoms with E-state index in [4.69, 9.17) is 0 Å². The van der Waals surface area contributed by atoms with Crippen LogP contribution in [0.4, 0.5) is 11.5 Å². The van der Waals surface area contributed by atoms with Gasteiger partial charge in [0.25, 0.3) is 0 Å². The van der Waals surface area contributed by atoms with E-state index in [1.165, 1.54) is 50.6 Å². The molecule has 4 saturated carbocycles. The fourth-order valence-electron chi connectivity index (χ4n) is 6.45. The van der Waals surface area contributed by atoms with E-state index >= 15 is 0 Å². The van der Waals surface area contributed by atoms with Gasteiger partial charge >= 0.3 is 0 Å². The summed E-state index contributed by atoms with van der Waals surface area (Å²) in [5, 5.41) is 7.33. The molecule has 4 nitrogen and oxygen atoms in total. The lowest BCUT2D eigenvalue weighted by Crippen LogP contribution is -2.54. The summed E-state index contributed by atoms with van der Waals surface area (Å²) in [5.41, 5.74) is 1.67. The van der Waals surface area contributed by atoms with Crippen molar-refractivity contribution in [1.82, 2.24) is 10.3 Å². The summed E-state index contributed by atoms with van der Waals surface area (Å²) in [6.45, 7) is 2.25. The number of hydrogen-bond donors (Lipinski definition) is 2. The third-order valence-electron chi connectivity index (χ3n) is 7.14. The Hall–Kier alpha value is -1.29. The second-order valence-corrected chi connectivity index (χ2v) is 8.94. The van der Waals surface area contributed by atoms with Crippen molar-refractivity contribution in [2.45, 2.75) is 56.5 Å². The normalized spacial score (nSPS) is 40.3. The molecule has 1 aromatic rings. The molecule has 2 heterocycles. The van der Waals surface area contributed by atoms with Crippen LogP contribution in [0.1, 0.15) is 44.9 Å². The molecule has 0 radical (unpaired) electrons. The van der Waals surface area contributed by atoms with Crippen LogP contribution in [0.15, 0.2) is 18.3 Å². The molecule has 130 valence electrons. The Bertz CT molecular complexity index is 578. The highest BCUT2D eigenvalue weighted by atomic mass is 15.2. The zero-order chi connectivity index (χ0) is 16.1. The van der Waals surface area contributed by atoms with Crippen molar-refractivity contribution in [3.05, 3.63) is 18.3 Å². The van der Waals surface area contributed by atoms with E-state index in [1.54, 1.807) is 0 Å². The molecular weight excluding hydrogens is 296 g/mol. The van der Waals surface area contributed by atoms with E-state index < -0.39 is 0 Å². The van der Waals surface area contributed by atoms with E-state index in [0.29, 0.717) is 11.6 Å². The zero-order valence-corrected chi connectivity index (χ0v) is 14.8. The molecule has 0 spiro atoms. The summed E-state index contributed by atoms with van der Waals surface area (Å²) in [4.78, 5) is 7.17. The van der Waals surface area contributed by atoms with Crippen LogP contribution in [0.2, 0.25) is 0 Å². The molecule has 1 aliphatic heterocycles. The van der Waals surface area contributed by atoms with E-state index in [0.717, 1.165) is 36.7 Å². The van der Waals surface area contributed by atoms with Crippen LogP contribution in [0.3, 0.4) is 0 Å². The Morgan fingerprint density at radius 3 is 2.46 bits per heavy atom. The smallest absolute Gasteiger partial charge is 0.128 e. The lowest BCUT2D eigenvalue weighted by Gasteiger charge is -2.57. The van der Waals surface area contributed by atoms with Gasteiger partial charge < -0.3 is 15.5 Å². The summed E-state index contributed by atoms with van der Waals surface area (Å²) in [6.07, 6.45) is 11.8. The maximum atomic E-state index is 4.67. The van der Waals surface area contributed by atoms with Crippen LogP contribution in [0.5, 0.6) is 0 Å². The minimum Gasteiger partial charge on any atom is -0.370 e. The Labute approximate surface area is 145 Å². The molecule has 0 unspecified atom stereocenters. The lowest BCUT2D eigenvalue weighted by atomic mass is 9.53. The van der Waals surface area contributed by atoms with E-state index in [-0.39, 0.29) is 0 Å². The minimum absolute atomic E-state index is 0.346. The van der Waals surface area contributed by atoms with Crippen LogP contribution >= 0.6 is 0 Å². The number of nitrogens with zero attached hydrogens (tertiary/aromatic N) is 2. The number of rotatable bonds is 4. The summed E-state index contributed by atoms with van der Waals surface area (Å²) >= 11 is 0. The molecular formula is C20H30N4. The van der Waals surface area contributed by atoms with E-state index in [9.17, 15) is 0 Å². The third kappa shape index (κ3) is 2.59. The van der Waals surface area contributed by atoms with Gasteiger partial charge in [0, 0.05) is 42.6 Å². The van der Waals surface area contributed by atoms with Gasteiger partial charge in [-0.15, -0.1) is 0 Å². The molecule has 5 aliphatic rings. The summed E-state index contributed by atoms with van der Waals surface area (Å²) in [5.74, 6) is 4.02. The molecule has 4 heteroatoms. The second kappa shape index (κ2) is 5.62. The van der Waals surface area contributed by atoms with Crippen LogP contribution in [-0.2, 0) is 0 Å². The predicted octanol–water partition coefficient (Wildman–Crippen LogP) is 3.26. The first-order valence-corrected chi connectivity index (χ1v) is 9.88. The molecule has 2 N–H and O–H groups in total. The maximum absolute atomic E-state index is 4.67. The van der Waals surface area contributed by atoms with Crippen LogP contribution in [-0.4, -0.2) is 36.7 Å². The van der Waals surface area contributed by atoms with Crippen molar-refractivity contribution in [2.75, 3.05) is 30.4 Å². The standard InChI is InChI=1S/C20H30N4/c1-21-17-3-5-24(13-17)18-2-4-22-19(9-18)23-20-10-14-6-15(11-20)8-16(7-14)12-20/h2,4,9,14-17,21H,3,5-8,10-13H2,1H3,(H,22,23)/t14?,15?,16?,17-,20?/m1/s1. The van der Waals surface area contributed by atoms with Crippen molar-refractivity contribution >= 4 is 11.5 Å². The van der Waals surface area contributed by atoms with Gasteiger partial charge in [0.15, 0.2) is 0 Å². The first-order chi connectivity index (χ1) is 11.7. The monoisotopic (exact) mass is 326 g/mol. The van der Waals surface area contributed by atoms with Gasteiger partial charge in [-0.25, -0.2) is 4.98 Å². The summed E-state index contributed by atoms with van der Waals surface area (Å²) in [6, 6.07) is 5.08. The molecule has 1 atom stereocenters. The maximum Gasteiger partial charge on any atom is 0.128 e. The fraction of sp³-hybridized carbons (Fsp3) is 0.750. The molecule has 1 saturated heterocycles. The molecule has 6 rings (SSSR count). The second-order valence-electron chi connectivity index (χ2n) is 8.94. The van der Waals surface area contributed by atoms with Gasteiger partial charge in [0.2, 0.25) is 0 Å². The largest absolute Gasteiger partial charge is 0.370 e. The molecule has 0 amide bonds. The third-order valence-corrected chi connectivity index (χ3v) is 7.14. The van der Waals surface area contributed by atoms with Gasteiger partial charge in [-0.1, -0.05) is 0 Å². The van der Waals surface area contributed by atoms with Crippen LogP contribution in [0.25, 0.3) is 0 Å². The van der Waals surface area contributed by atoms with E-state index in [1.807, 2.05) is 6.20 Å². The fourth-order valence-corrected chi connectivity index (χ4v) is 6.45. The molecule has 5 fully saturated rings. The van der Waals surface area contributed by atoms with E-state index in [2.05, 4.69) is 39.7 Å². The van der Waals surface area contributed by atoms with Crippen molar-refractivity contribution in [1.29, 1.82) is 0 Å². The predicted molar refractivity (Wildman–Crippen MR) is 98.4 cm³/mol. The Kier molecular flexibility index (Phi) is 3.51. The molecule has 1 aromatic heterocycles. The molecule has 4 bridgehead atoms. The van der Waals surface area contributed by atoms with Gasteiger partial charge in [-0.05, 0) is 75.8 Å². The minimum atomic E-state index is 0.346. The number of nitrogens with one attached hydrogen (secondary N) is 2. The molecule has 24 heavy (non-hydrogen) atoms. The lowest BCUT2D eigenvalue weighted by molar-refractivity contribution is 0.0105. The first-order valence-electron chi connectivity index (χ1n) is 9.88. The Morgan fingerprint density at radius 2 is 1.83 bits per heavy atom. The zero-order valence-electron chi connectivity index (χ0n) is 14.8. The topological polar surface area (TPSA) is 40.2 Å². The first kappa shape index (κ1) is 15.0. The SMILES string of the molecule is CN[C@@H]1CCN(c2ccnc(NC34CC5CC(CC(C5)C3)C4)c2)C1. The highest BCUT2D eigenvalue weighted by Crippen LogP contribution is 2.56. The Balaban J connectivity index is 1.34. The van der Waals surface area contributed by atoms with Gasteiger partial charge in [0.1, 0.15) is 5.82 Å². The quantitative estimate of drug-likeness (QED) is 0.891. The number of aromatic nitrogens is 1. The number of hydrogen-bond acceptors (Lipinski definition) is 4. The van der Waals surface area contributed by atoms with Crippen LogP contribution in [0, 0.1) is 17.8 Å². The Morgan fingerprint density at radius 1 is 1.12 bits per heavy atom. The average molecular weight is 326 g/mol. The summed E-state index contributed by atoms with van der Waals surface area (Å²) in [7, 11) is 2.07. The highest BCUT2D eigenvalue weighted by molar-refractivity contribution is 5.55. The van der Waals surface area contributed by atoms with Crippen molar-refractivity contribution in [3.8, 4) is 0 Å². The van der Waals surface area contributed by atoms with Gasteiger partial charge in [0.05, 0.1) is 0 Å². The molecule has 0 aromatic carbocycles. The highest BCUT2D eigenvalue weighted by Gasteiger charge is 2.51.